The van der Waals surface area contributed by atoms with E-state index in [1.165, 1.54) is 102 Å². The number of anilines is 2. The van der Waals surface area contributed by atoms with E-state index in [4.69, 9.17) is 44.9 Å². The first-order valence-corrected chi connectivity index (χ1v) is 29.5. The van der Waals surface area contributed by atoms with Gasteiger partial charge in [0.1, 0.15) is 33.1 Å². The number of rotatable bonds is 16. The van der Waals surface area contributed by atoms with Crippen LogP contribution in [0.15, 0.2) is 114 Å². The van der Waals surface area contributed by atoms with Crippen LogP contribution < -0.4 is 69.9 Å². The maximum atomic E-state index is 12.0. The van der Waals surface area contributed by atoms with Gasteiger partial charge in [0, 0.05) is 42.2 Å². The number of nitrogens with two attached hydrogens (primary N) is 1. The number of halogens is 1. The normalized spacial score (nSPS) is 13.4. The van der Waals surface area contributed by atoms with Gasteiger partial charge in [-0.3, -0.25) is 0 Å². The molecule has 0 aliphatic heterocycles. The molecule has 0 atom stereocenters. The number of nitrogen functional groups attached to an aromatic ring is 1. The van der Waals surface area contributed by atoms with Crippen LogP contribution in [0.2, 0.25) is 0 Å². The van der Waals surface area contributed by atoms with Crippen molar-refractivity contribution in [3.05, 3.63) is 135 Å². The molecule has 22 heteroatoms. The zero-order valence-electron chi connectivity index (χ0n) is 46.2. The molecule has 6 aromatic rings. The van der Waals surface area contributed by atoms with Gasteiger partial charge in [-0.15, -0.1) is 0 Å². The molecule has 8 N–H and O–H groups in total. The Morgan fingerprint density at radius 1 is 0.675 bits per heavy atom. The third-order valence-corrected chi connectivity index (χ3v) is 18.8. The molecule has 2 fully saturated rings. The number of aromatic carboxylic acids is 2. The van der Waals surface area contributed by atoms with Crippen molar-refractivity contribution < 1.29 is 102 Å². The first-order chi connectivity index (χ1) is 37.7. The number of benzene rings is 6. The van der Waals surface area contributed by atoms with Crippen molar-refractivity contribution in [3.63, 3.8) is 0 Å². The van der Waals surface area contributed by atoms with Gasteiger partial charge < -0.3 is 64.6 Å². The van der Waals surface area contributed by atoms with E-state index in [-0.39, 0.29) is 75.7 Å². The summed E-state index contributed by atoms with van der Waals surface area (Å²) in [5.41, 5.74) is 12.4. The van der Waals surface area contributed by atoms with Crippen LogP contribution in [0.25, 0.3) is 22.3 Å². The van der Waals surface area contributed by atoms with Crippen molar-refractivity contribution in [2.45, 2.75) is 93.6 Å². The van der Waals surface area contributed by atoms with Gasteiger partial charge in [0.05, 0.1) is 66.8 Å². The average molecular weight is 1260 g/mol. The van der Waals surface area contributed by atoms with Gasteiger partial charge in [-0.05, 0) is 136 Å². The third-order valence-electron chi connectivity index (χ3n) is 13.6. The number of hydrogen-bond donors (Lipinski definition) is 7. The molecule has 17 nitrogen and oxygen atoms in total. The molecule has 2 aliphatic carbocycles. The summed E-state index contributed by atoms with van der Waals surface area (Å²) in [5, 5.41) is 55.0. The fourth-order valence-corrected chi connectivity index (χ4v) is 15.2. The van der Waals surface area contributed by atoms with Crippen LogP contribution in [0.4, 0.5) is 11.4 Å². The number of aliphatic hydroxyl groups excluding tert-OH is 2. The topological polar surface area (TPSA) is 279 Å². The second-order valence-corrected chi connectivity index (χ2v) is 24.2. The molecule has 2 saturated carbocycles. The Labute approximate surface area is 506 Å². The molecule has 0 unspecified atom stereocenters. The number of methoxy groups -OCH3 is 4. The summed E-state index contributed by atoms with van der Waals surface area (Å²) in [6.45, 7) is -0.115. The first-order valence-electron chi connectivity index (χ1n) is 25.6. The van der Waals surface area contributed by atoms with E-state index in [0.717, 1.165) is 43.3 Å². The predicted molar refractivity (Wildman–Crippen MR) is 318 cm³/mol. The monoisotopic (exact) mass is 1260 g/mol. The van der Waals surface area contributed by atoms with Crippen LogP contribution in [-0.4, -0.2) is 116 Å². The SMILES string of the molecule is COc1c(CO)cccc1-c1cc(C(=O)O)cc(N(C)C)c1.COc1c(I)cccc1CO.COc1ccc(S(=O)(=O)[O-])c(OC)c1-c1ccccc1P(C1CCCCC1)C1CCCCC1.Nc1cc(B(O)O)cc(C(=O)O)c1.[Na+]. The number of carboxylic acids is 2. The van der Waals surface area contributed by atoms with E-state index in [1.807, 2.05) is 67.5 Å². The third kappa shape index (κ3) is 18.0. The number of carbonyl (C=O) groups is 2. The minimum absolute atomic E-state index is 0. The molecule has 424 valence electrons. The Morgan fingerprint density at radius 3 is 1.69 bits per heavy atom. The molecule has 0 amide bonds. The Bertz CT molecular complexity index is 3110. The molecular formula is C58H70BIN2NaO15PS. The second-order valence-electron chi connectivity index (χ2n) is 18.9. The van der Waals surface area contributed by atoms with E-state index in [9.17, 15) is 32.8 Å². The van der Waals surface area contributed by atoms with Crippen LogP contribution in [0.5, 0.6) is 23.0 Å². The minimum Gasteiger partial charge on any atom is -0.744 e. The zero-order valence-corrected chi connectivity index (χ0v) is 52.1. The summed E-state index contributed by atoms with van der Waals surface area (Å²) in [6.07, 6.45) is 12.8. The minimum atomic E-state index is -4.70. The molecule has 0 heterocycles. The number of hydrogen-bond acceptors (Lipinski definition) is 15. The fraction of sp³-hybridized carbons (Fsp3) is 0.345. The second kappa shape index (κ2) is 32.6. The van der Waals surface area contributed by atoms with Gasteiger partial charge in [0.2, 0.25) is 0 Å². The molecule has 80 heavy (non-hydrogen) atoms. The summed E-state index contributed by atoms with van der Waals surface area (Å²) in [5.74, 6) is -0.211. The van der Waals surface area contributed by atoms with Gasteiger partial charge in [-0.1, -0.05) is 101 Å². The average Bonchev–Trinajstić information content (AvgIpc) is 3.45. The number of ether oxygens (including phenoxy) is 4. The van der Waals surface area contributed by atoms with Crippen molar-refractivity contribution in [1.29, 1.82) is 0 Å². The van der Waals surface area contributed by atoms with Crippen LogP contribution in [-0.2, 0) is 23.3 Å². The molecule has 8 rings (SSSR count). The number of nitrogens with zero attached hydrogens (tertiary/aromatic N) is 1. The Balaban J connectivity index is 0.000000252. The Morgan fingerprint density at radius 2 is 1.20 bits per heavy atom. The van der Waals surface area contributed by atoms with Crippen molar-refractivity contribution >= 4 is 81.8 Å². The van der Waals surface area contributed by atoms with Crippen LogP contribution in [0.1, 0.15) is 96.1 Å². The smallest absolute Gasteiger partial charge is 0.744 e. The molecule has 0 aromatic heterocycles. The molecule has 0 saturated heterocycles. The maximum Gasteiger partial charge on any atom is 1.00 e. The number of para-hydroxylation sites is 2. The van der Waals surface area contributed by atoms with Crippen molar-refractivity contribution in [3.8, 4) is 45.3 Å². The van der Waals surface area contributed by atoms with Gasteiger partial charge in [0.15, 0.2) is 0 Å². The van der Waals surface area contributed by atoms with Crippen molar-refractivity contribution in [2.75, 3.05) is 53.2 Å². The van der Waals surface area contributed by atoms with E-state index >= 15 is 0 Å². The van der Waals surface area contributed by atoms with Crippen LogP contribution in [0.3, 0.4) is 0 Å². The van der Waals surface area contributed by atoms with E-state index in [0.29, 0.717) is 33.9 Å². The number of aliphatic hydroxyl groups is 2. The molecular weight excluding hydrogens is 1190 g/mol. The number of carboxylic acid groups (broad SMARTS) is 2. The summed E-state index contributed by atoms with van der Waals surface area (Å²) < 4.78 is 58.9. The summed E-state index contributed by atoms with van der Waals surface area (Å²) in [7, 11) is 2.98. The predicted octanol–water partition coefficient (Wildman–Crippen LogP) is 6.11. The van der Waals surface area contributed by atoms with Gasteiger partial charge in [-0.25, -0.2) is 18.0 Å². The summed E-state index contributed by atoms with van der Waals surface area (Å²) in [6, 6.07) is 31.1. The van der Waals surface area contributed by atoms with Gasteiger partial charge >= 0.3 is 48.6 Å². The van der Waals surface area contributed by atoms with Gasteiger partial charge in [0.25, 0.3) is 0 Å². The van der Waals surface area contributed by atoms with Crippen molar-refractivity contribution in [2.24, 2.45) is 0 Å². The van der Waals surface area contributed by atoms with E-state index in [1.54, 1.807) is 38.5 Å². The largest absolute Gasteiger partial charge is 1.00 e. The Kier molecular flexibility index (Phi) is 27.5. The van der Waals surface area contributed by atoms with E-state index < -0.39 is 37.1 Å². The Hall–Kier alpha value is -4.97. The van der Waals surface area contributed by atoms with E-state index in [2.05, 4.69) is 34.7 Å². The quantitative estimate of drug-likeness (QED) is 0.0189. The zero-order chi connectivity index (χ0) is 58.0. The van der Waals surface area contributed by atoms with Gasteiger partial charge in [-0.2, -0.15) is 0 Å². The van der Waals surface area contributed by atoms with Crippen molar-refractivity contribution in [1.82, 2.24) is 0 Å². The fourth-order valence-electron chi connectivity index (χ4n) is 9.87. The molecule has 0 bridgehead atoms. The summed E-state index contributed by atoms with van der Waals surface area (Å²) in [4.78, 5) is 23.4. The molecule has 2 aliphatic rings. The molecule has 0 radical (unpaired) electrons. The summed E-state index contributed by atoms with van der Waals surface area (Å²) >= 11 is 2.17. The van der Waals surface area contributed by atoms with Crippen LogP contribution >= 0.6 is 30.5 Å². The standard InChI is InChI=1S/C26H35O5PS.C17H19NO4.C8H9IO2.C7H8BNO4.Na/c1-30-22-17-18-24(33(27,28)29)26(31-2)25(22)21-15-9-10-16-23(21)32(19-11-5-3-6-12-19)20-13-7-4-8-14-20;1-18(2)14-8-12(7-13(9-14)17(20)21)15-6-4-5-11(10-19)16(15)22-3;1-11-8-6(5-10)3-2-4-7(8)9;9-6-2-4(7(10)11)1-5(3-6)8(12)13;/h9-10,15-20H,3-8,11-14H2,1-2H3,(H,27,28,29);4-9,19H,10H2,1-3H3,(H,20,21);2-4,10H,5H2,1H3;1-3,12-13H,9H2,(H,10,11);/q;;;;+1/p-1. The molecule has 0 spiro atoms. The van der Waals surface area contributed by atoms with Crippen LogP contribution in [0, 0.1) is 3.57 Å². The molecule has 6 aromatic carbocycles. The first kappa shape index (κ1) is 67.5. The maximum absolute atomic E-state index is 12.0.